The van der Waals surface area contributed by atoms with Crippen LogP contribution in [0.3, 0.4) is 0 Å². The number of pyridine rings is 1. The molecule has 0 atom stereocenters. The summed E-state index contributed by atoms with van der Waals surface area (Å²) in [4.78, 5) is 5.16. The van der Waals surface area contributed by atoms with Gasteiger partial charge in [-0.05, 0) is 46.7 Å². The second-order valence-corrected chi connectivity index (χ2v) is 10.5. The monoisotopic (exact) mass is 483 g/mol. The number of aromatic nitrogens is 1. The summed E-state index contributed by atoms with van der Waals surface area (Å²) in [5.41, 5.74) is 9.85. The molecule has 5 aromatic rings. The summed E-state index contributed by atoms with van der Waals surface area (Å²) in [6.45, 7) is 9.31. The molecule has 0 saturated heterocycles. The van der Waals surface area contributed by atoms with E-state index in [1.54, 1.807) is 0 Å². The van der Waals surface area contributed by atoms with Gasteiger partial charge < -0.3 is 4.74 Å². The fourth-order valence-electron chi connectivity index (χ4n) is 4.84. The van der Waals surface area contributed by atoms with Gasteiger partial charge in [0.2, 0.25) is 0 Å². The highest BCUT2D eigenvalue weighted by Crippen LogP contribution is 2.42. The fourth-order valence-corrected chi connectivity index (χ4v) is 4.84. The Morgan fingerprint density at radius 2 is 1.24 bits per heavy atom. The van der Waals surface area contributed by atoms with Crippen LogP contribution in [0.5, 0.6) is 5.75 Å². The van der Waals surface area contributed by atoms with Crippen LogP contribution in [0.25, 0.3) is 33.5 Å². The molecule has 37 heavy (non-hydrogen) atoms. The van der Waals surface area contributed by atoms with Gasteiger partial charge in [0.15, 0.2) is 0 Å². The van der Waals surface area contributed by atoms with E-state index in [0.29, 0.717) is 6.61 Å². The predicted molar refractivity (Wildman–Crippen MR) is 155 cm³/mol. The molecule has 0 amide bonds. The Morgan fingerprint density at radius 3 is 1.86 bits per heavy atom. The van der Waals surface area contributed by atoms with Crippen molar-refractivity contribution in [2.45, 2.75) is 39.7 Å². The molecule has 0 spiro atoms. The lowest BCUT2D eigenvalue weighted by molar-refractivity contribution is 0.299. The van der Waals surface area contributed by atoms with Crippen molar-refractivity contribution in [1.82, 2.24) is 4.98 Å². The van der Waals surface area contributed by atoms with Gasteiger partial charge in [-0.3, -0.25) is 4.98 Å². The molecule has 0 N–H and O–H groups in total. The number of aryl methyl sites for hydroxylation is 1. The average Bonchev–Trinajstić information content (AvgIpc) is 2.92. The van der Waals surface area contributed by atoms with Crippen LogP contribution in [0, 0.1) is 6.92 Å². The second kappa shape index (κ2) is 10.4. The van der Waals surface area contributed by atoms with Gasteiger partial charge in [-0.2, -0.15) is 0 Å². The van der Waals surface area contributed by atoms with E-state index < -0.39 is 0 Å². The maximum atomic E-state index is 6.60. The van der Waals surface area contributed by atoms with Gasteiger partial charge in [0.1, 0.15) is 12.4 Å². The van der Waals surface area contributed by atoms with Crippen molar-refractivity contribution in [2.75, 3.05) is 0 Å². The Labute approximate surface area is 220 Å². The Kier molecular flexibility index (Phi) is 6.92. The van der Waals surface area contributed by atoms with E-state index in [2.05, 4.69) is 137 Å². The summed E-state index contributed by atoms with van der Waals surface area (Å²) >= 11 is 0. The molecule has 0 saturated carbocycles. The molecule has 0 aliphatic heterocycles. The van der Waals surface area contributed by atoms with E-state index in [9.17, 15) is 0 Å². The largest absolute Gasteiger partial charge is 0.488 e. The zero-order valence-corrected chi connectivity index (χ0v) is 22.0. The van der Waals surface area contributed by atoms with Crippen LogP contribution in [-0.4, -0.2) is 4.98 Å². The third-order valence-corrected chi connectivity index (χ3v) is 6.67. The van der Waals surface area contributed by atoms with Gasteiger partial charge in [-0.1, -0.05) is 124 Å². The van der Waals surface area contributed by atoms with Gasteiger partial charge in [0, 0.05) is 22.4 Å². The van der Waals surface area contributed by atoms with Crippen molar-refractivity contribution in [1.29, 1.82) is 0 Å². The Bertz CT molecular complexity index is 1480. The standard InChI is InChI=1S/C35H33NO/c1-25-33(28-19-12-7-13-20-28)30(27-17-10-6-11-18-27)23-32(36-25)29-21-14-22-31(35(2,3)4)34(29)37-24-26-15-8-5-9-16-26/h5-23H,24H2,1-4H3. The molecule has 0 radical (unpaired) electrons. The molecule has 0 bridgehead atoms. The number of benzene rings is 4. The number of rotatable bonds is 6. The van der Waals surface area contributed by atoms with Crippen LogP contribution < -0.4 is 4.74 Å². The van der Waals surface area contributed by atoms with Crippen molar-refractivity contribution in [3.63, 3.8) is 0 Å². The molecular formula is C35H33NO. The molecule has 0 unspecified atom stereocenters. The zero-order chi connectivity index (χ0) is 25.8. The molecule has 184 valence electrons. The molecule has 0 fully saturated rings. The van der Waals surface area contributed by atoms with Gasteiger partial charge in [-0.25, -0.2) is 0 Å². The fraction of sp³-hybridized carbons (Fsp3) is 0.171. The molecule has 1 heterocycles. The topological polar surface area (TPSA) is 22.1 Å². The maximum Gasteiger partial charge on any atom is 0.132 e. The summed E-state index contributed by atoms with van der Waals surface area (Å²) in [6.07, 6.45) is 0. The quantitative estimate of drug-likeness (QED) is 0.240. The summed E-state index contributed by atoms with van der Waals surface area (Å²) in [5, 5.41) is 0. The Balaban J connectivity index is 1.70. The molecule has 5 rings (SSSR count). The van der Waals surface area contributed by atoms with Crippen LogP contribution in [0.15, 0.2) is 115 Å². The summed E-state index contributed by atoms with van der Waals surface area (Å²) in [7, 11) is 0. The number of nitrogens with zero attached hydrogens (tertiary/aromatic N) is 1. The SMILES string of the molecule is Cc1nc(-c2cccc(C(C)(C)C)c2OCc2ccccc2)cc(-c2ccccc2)c1-c1ccccc1. The van der Waals surface area contributed by atoms with E-state index >= 15 is 0 Å². The number of ether oxygens (including phenoxy) is 1. The minimum absolute atomic E-state index is 0.0800. The van der Waals surface area contributed by atoms with E-state index in [4.69, 9.17) is 9.72 Å². The van der Waals surface area contributed by atoms with E-state index in [-0.39, 0.29) is 5.41 Å². The molecular weight excluding hydrogens is 450 g/mol. The zero-order valence-electron chi connectivity index (χ0n) is 22.0. The molecule has 2 heteroatoms. The molecule has 1 aromatic heterocycles. The molecule has 4 aromatic carbocycles. The van der Waals surface area contributed by atoms with Gasteiger partial charge in [0.05, 0.1) is 5.69 Å². The minimum atomic E-state index is -0.0800. The van der Waals surface area contributed by atoms with Crippen molar-refractivity contribution in [3.05, 3.63) is 132 Å². The molecule has 0 aliphatic rings. The Morgan fingerprint density at radius 1 is 0.649 bits per heavy atom. The summed E-state index contributed by atoms with van der Waals surface area (Å²) in [6, 6.07) is 40.1. The van der Waals surface area contributed by atoms with Crippen LogP contribution in [-0.2, 0) is 12.0 Å². The molecule has 0 aliphatic carbocycles. The third kappa shape index (κ3) is 5.34. The highest BCUT2D eigenvalue weighted by molar-refractivity contribution is 5.88. The van der Waals surface area contributed by atoms with Crippen LogP contribution in [0.1, 0.15) is 37.6 Å². The first kappa shape index (κ1) is 24.5. The van der Waals surface area contributed by atoms with E-state index in [1.165, 1.54) is 22.3 Å². The average molecular weight is 484 g/mol. The van der Waals surface area contributed by atoms with Crippen molar-refractivity contribution in [2.24, 2.45) is 0 Å². The van der Waals surface area contributed by atoms with E-state index in [0.717, 1.165) is 33.8 Å². The van der Waals surface area contributed by atoms with Crippen LogP contribution in [0.2, 0.25) is 0 Å². The lowest BCUT2D eigenvalue weighted by atomic mass is 9.84. The van der Waals surface area contributed by atoms with Crippen LogP contribution in [0.4, 0.5) is 0 Å². The lowest BCUT2D eigenvalue weighted by Crippen LogP contribution is -2.14. The summed E-state index contributed by atoms with van der Waals surface area (Å²) in [5.74, 6) is 0.900. The Hall–Kier alpha value is -4.17. The first-order valence-electron chi connectivity index (χ1n) is 12.8. The maximum absolute atomic E-state index is 6.60. The van der Waals surface area contributed by atoms with Gasteiger partial charge in [0.25, 0.3) is 0 Å². The van der Waals surface area contributed by atoms with Gasteiger partial charge >= 0.3 is 0 Å². The van der Waals surface area contributed by atoms with E-state index in [1.807, 2.05) is 6.07 Å². The number of para-hydroxylation sites is 1. The van der Waals surface area contributed by atoms with Crippen molar-refractivity contribution < 1.29 is 4.74 Å². The number of hydrogen-bond acceptors (Lipinski definition) is 2. The van der Waals surface area contributed by atoms with Gasteiger partial charge in [-0.15, -0.1) is 0 Å². The van der Waals surface area contributed by atoms with Crippen LogP contribution >= 0.6 is 0 Å². The molecule has 2 nitrogen and oxygen atoms in total. The first-order chi connectivity index (χ1) is 17.9. The number of hydrogen-bond donors (Lipinski definition) is 0. The summed E-state index contributed by atoms with van der Waals surface area (Å²) < 4.78 is 6.60. The highest BCUT2D eigenvalue weighted by Gasteiger charge is 2.24. The normalized spacial score (nSPS) is 11.4. The van der Waals surface area contributed by atoms with Crippen molar-refractivity contribution in [3.8, 4) is 39.3 Å². The smallest absolute Gasteiger partial charge is 0.132 e. The third-order valence-electron chi connectivity index (χ3n) is 6.67. The minimum Gasteiger partial charge on any atom is -0.488 e. The van der Waals surface area contributed by atoms with Crippen molar-refractivity contribution >= 4 is 0 Å². The predicted octanol–water partition coefficient (Wildman–Crippen LogP) is 9.27. The highest BCUT2D eigenvalue weighted by atomic mass is 16.5. The second-order valence-electron chi connectivity index (χ2n) is 10.5. The lowest BCUT2D eigenvalue weighted by Gasteiger charge is -2.25. The first-order valence-corrected chi connectivity index (χ1v) is 12.8.